The number of rotatable bonds is 2. The normalized spacial score (nSPS) is 8.91. The van der Waals surface area contributed by atoms with Crippen LogP contribution in [0.5, 0.6) is 0 Å². The van der Waals surface area contributed by atoms with Crippen molar-refractivity contribution in [2.24, 2.45) is 0 Å². The van der Waals surface area contributed by atoms with Crippen LogP contribution in [-0.4, -0.2) is 38.2 Å². The maximum absolute atomic E-state index is 9.58. The Labute approximate surface area is 106 Å². The van der Waals surface area contributed by atoms with Gasteiger partial charge < -0.3 is 20.4 Å². The van der Waals surface area contributed by atoms with Crippen LogP contribution in [0, 0.1) is 0 Å². The summed E-state index contributed by atoms with van der Waals surface area (Å²) in [6.07, 6.45) is 0. The van der Waals surface area contributed by atoms with Gasteiger partial charge in [-0.3, -0.25) is 0 Å². The van der Waals surface area contributed by atoms with Crippen molar-refractivity contribution < 1.29 is 89.1 Å². The summed E-state index contributed by atoms with van der Waals surface area (Å²) in [6, 6.07) is 0. The molecule has 0 aromatic heterocycles. The summed E-state index contributed by atoms with van der Waals surface area (Å²) in [7, 11) is 0. The fraction of sp³-hybridized carbons (Fsp3) is 0.333. The molecule has 6 nitrogen and oxygen atoms in total. The molecular weight excluding hydrogens is 178 g/mol. The maximum atomic E-state index is 9.58. The number of carboxylic acids is 2. The van der Waals surface area contributed by atoms with Crippen molar-refractivity contribution in [1.82, 2.24) is 0 Å². The second-order valence-corrected chi connectivity index (χ2v) is 1.28. The zero-order chi connectivity index (χ0) is 7.65. The van der Waals surface area contributed by atoms with Crippen molar-refractivity contribution in [3.05, 3.63) is 0 Å². The van der Waals surface area contributed by atoms with E-state index in [1.54, 1.807) is 0 Å². The molecule has 0 aliphatic carbocycles. The quantitative estimate of drug-likeness (QED) is 0.191. The van der Waals surface area contributed by atoms with E-state index < -0.39 is 17.7 Å². The molecule has 11 heavy (non-hydrogen) atoms. The van der Waals surface area contributed by atoms with Crippen LogP contribution < -0.4 is 59.1 Å². The Kier molecular flexibility index (Phi) is 10.3. The second kappa shape index (κ2) is 6.38. The third-order valence-electron chi connectivity index (χ3n) is 0.596. The third-order valence-corrected chi connectivity index (χ3v) is 0.596. The summed E-state index contributed by atoms with van der Waals surface area (Å²) >= 11 is 0. The molecule has 0 radical (unpaired) electrons. The second-order valence-electron chi connectivity index (χ2n) is 1.28. The van der Waals surface area contributed by atoms with Crippen molar-refractivity contribution in [2.75, 3.05) is 0 Å². The van der Waals surface area contributed by atoms with Crippen LogP contribution in [0.2, 0.25) is 0 Å². The largest absolute Gasteiger partial charge is 1.00 e. The van der Waals surface area contributed by atoms with Crippen molar-refractivity contribution in [3.8, 4) is 0 Å². The molecule has 8 heteroatoms. The Morgan fingerprint density at radius 1 is 0.909 bits per heavy atom. The Hall–Kier alpha value is 0.860. The first-order valence-corrected chi connectivity index (χ1v) is 1.80. The zero-order valence-electron chi connectivity index (χ0n) is 6.11. The van der Waals surface area contributed by atoms with Gasteiger partial charge in [0, 0.05) is 0 Å². The van der Waals surface area contributed by atoms with Crippen molar-refractivity contribution in [2.45, 2.75) is 5.79 Å². The number of carbonyl (C=O) groups is 2. The van der Waals surface area contributed by atoms with Crippen LogP contribution in [0.3, 0.4) is 0 Å². The average Bonchev–Trinajstić information content (AvgIpc) is 1.65. The minimum atomic E-state index is -3.67. The molecule has 0 unspecified atom stereocenters. The number of aliphatic carboxylic acids is 2. The minimum Gasteiger partial charge on any atom is -0.477 e. The molecule has 0 spiro atoms. The maximum Gasteiger partial charge on any atom is 1.00 e. The van der Waals surface area contributed by atoms with E-state index in [2.05, 4.69) is 0 Å². The summed E-state index contributed by atoms with van der Waals surface area (Å²) < 4.78 is 0. The van der Waals surface area contributed by atoms with Gasteiger partial charge in [-0.15, -0.1) is 0 Å². The molecule has 0 atom stereocenters. The smallest absolute Gasteiger partial charge is 0.477 e. The summed E-state index contributed by atoms with van der Waals surface area (Å²) in [5.74, 6) is -8.09. The SMILES string of the molecule is O=C(O)C(O)(O)C(=O)O.[Na+].[Na+]. The molecule has 4 N–H and O–H groups in total. The Morgan fingerprint density at radius 2 is 1.09 bits per heavy atom. The van der Waals surface area contributed by atoms with Gasteiger partial charge in [-0.05, 0) is 0 Å². The van der Waals surface area contributed by atoms with Gasteiger partial charge in [-0.1, -0.05) is 0 Å². The van der Waals surface area contributed by atoms with E-state index in [4.69, 9.17) is 20.4 Å². The molecule has 0 aromatic carbocycles. The topological polar surface area (TPSA) is 115 Å². The molecule has 0 bridgehead atoms. The van der Waals surface area contributed by atoms with E-state index in [0.717, 1.165) is 0 Å². The average molecular weight is 182 g/mol. The number of aliphatic hydroxyl groups is 2. The molecule has 0 saturated heterocycles. The first-order valence-electron chi connectivity index (χ1n) is 1.80. The zero-order valence-corrected chi connectivity index (χ0v) is 10.1. The molecule has 0 rings (SSSR count). The van der Waals surface area contributed by atoms with Crippen molar-refractivity contribution in [1.29, 1.82) is 0 Å². The summed E-state index contributed by atoms with van der Waals surface area (Å²) in [4.78, 5) is 19.2. The number of carboxylic acid groups (broad SMARTS) is 2. The van der Waals surface area contributed by atoms with E-state index in [-0.39, 0.29) is 59.1 Å². The fourth-order valence-corrected chi connectivity index (χ4v) is 0.0915. The third kappa shape index (κ3) is 5.15. The summed E-state index contributed by atoms with van der Waals surface area (Å²) in [6.45, 7) is 0. The molecular formula is C3H4Na2O6+2. The van der Waals surface area contributed by atoms with Gasteiger partial charge in [0.05, 0.1) is 0 Å². The molecule has 0 aliphatic heterocycles. The van der Waals surface area contributed by atoms with Gasteiger partial charge >= 0.3 is 76.8 Å². The van der Waals surface area contributed by atoms with Gasteiger partial charge in [0.15, 0.2) is 0 Å². The number of hydrogen-bond donors (Lipinski definition) is 4. The van der Waals surface area contributed by atoms with Crippen LogP contribution in [0.25, 0.3) is 0 Å². The molecule has 0 saturated carbocycles. The van der Waals surface area contributed by atoms with Gasteiger partial charge in [0.2, 0.25) is 0 Å². The van der Waals surface area contributed by atoms with E-state index in [1.165, 1.54) is 0 Å². The molecule has 0 aliphatic rings. The van der Waals surface area contributed by atoms with Gasteiger partial charge in [-0.25, -0.2) is 9.59 Å². The van der Waals surface area contributed by atoms with Crippen LogP contribution in [0.15, 0.2) is 0 Å². The van der Waals surface area contributed by atoms with E-state index in [9.17, 15) is 9.59 Å². The molecule has 0 aromatic rings. The standard InChI is InChI=1S/C3H4O6.2Na/c4-1(5)3(8,9)2(6)7;;/h8-9H,(H,4,5)(H,6,7);;/q;2*+1. The molecule has 0 amide bonds. The summed E-state index contributed by atoms with van der Waals surface area (Å²) in [5, 5.41) is 31.5. The Morgan fingerprint density at radius 3 is 1.09 bits per heavy atom. The monoisotopic (exact) mass is 182 g/mol. The fourth-order valence-electron chi connectivity index (χ4n) is 0.0915. The van der Waals surface area contributed by atoms with Crippen LogP contribution in [0.4, 0.5) is 0 Å². The van der Waals surface area contributed by atoms with Gasteiger partial charge in [0.25, 0.3) is 0 Å². The van der Waals surface area contributed by atoms with Gasteiger partial charge in [-0.2, -0.15) is 0 Å². The Balaban J connectivity index is -0.000000320. The van der Waals surface area contributed by atoms with E-state index >= 15 is 0 Å². The van der Waals surface area contributed by atoms with Crippen molar-refractivity contribution in [3.63, 3.8) is 0 Å². The van der Waals surface area contributed by atoms with Crippen molar-refractivity contribution >= 4 is 11.9 Å². The summed E-state index contributed by atoms with van der Waals surface area (Å²) in [5.41, 5.74) is 0. The van der Waals surface area contributed by atoms with E-state index in [1.807, 2.05) is 0 Å². The first-order chi connectivity index (χ1) is 3.89. The number of hydrogen-bond acceptors (Lipinski definition) is 4. The minimum absolute atomic E-state index is 0. The van der Waals surface area contributed by atoms with Crippen LogP contribution >= 0.6 is 0 Å². The van der Waals surface area contributed by atoms with Gasteiger partial charge in [0.1, 0.15) is 0 Å². The molecule has 0 fully saturated rings. The molecule has 0 heterocycles. The predicted molar refractivity (Wildman–Crippen MR) is 22.4 cm³/mol. The van der Waals surface area contributed by atoms with Crippen LogP contribution in [-0.2, 0) is 9.59 Å². The first kappa shape index (κ1) is 17.8. The molecule has 52 valence electrons. The Bertz CT molecular complexity index is 138. The van der Waals surface area contributed by atoms with Crippen LogP contribution in [0.1, 0.15) is 0 Å². The van der Waals surface area contributed by atoms with E-state index in [0.29, 0.717) is 0 Å². The predicted octanol–water partition coefficient (Wildman–Crippen LogP) is -8.16.